The number of piperazine rings is 1. The third kappa shape index (κ3) is 3.77. The highest BCUT2D eigenvalue weighted by molar-refractivity contribution is 7.80. The number of carbonyl (C=O) groups is 2. The Hall–Kier alpha value is -2.57. The van der Waals surface area contributed by atoms with Crippen LogP contribution < -0.4 is 4.90 Å². The monoisotopic (exact) mass is 421 g/mol. The van der Waals surface area contributed by atoms with Crippen LogP contribution in [0.5, 0.6) is 0 Å². The van der Waals surface area contributed by atoms with Crippen LogP contribution in [0.2, 0.25) is 0 Å². The predicted octanol–water partition coefficient (Wildman–Crippen LogP) is 4.08. The lowest BCUT2D eigenvalue weighted by molar-refractivity contribution is 0.0863. The first-order chi connectivity index (χ1) is 14.5. The van der Waals surface area contributed by atoms with E-state index >= 15 is 0 Å². The number of thiol groups is 1. The average molecular weight is 422 g/mol. The Balaban J connectivity index is 1.73. The fraction of sp³-hybridized carbons (Fsp3) is 0.333. The minimum absolute atomic E-state index is 0.0503. The zero-order valence-corrected chi connectivity index (χ0v) is 18.3. The number of hydrogen-bond donors (Lipinski definition) is 1. The molecular formula is C24H27N3O2S. The van der Waals surface area contributed by atoms with E-state index < -0.39 is 0 Å². The SMILES string of the molecule is C[C@H](CS)C(=O)n1cc(C=O)c2c(-c3ccc(N4CCN(C)CC4)cc3)cccc21. The molecule has 1 atom stereocenters. The zero-order chi connectivity index (χ0) is 21.3. The Bertz CT molecular complexity index is 1070. The Morgan fingerprint density at radius 3 is 2.43 bits per heavy atom. The molecule has 156 valence electrons. The molecule has 6 heteroatoms. The molecule has 1 saturated heterocycles. The van der Waals surface area contributed by atoms with Gasteiger partial charge < -0.3 is 9.80 Å². The van der Waals surface area contributed by atoms with E-state index in [1.165, 1.54) is 5.69 Å². The second-order valence-corrected chi connectivity index (χ2v) is 8.40. The lowest BCUT2D eigenvalue weighted by atomic mass is 9.99. The van der Waals surface area contributed by atoms with Crippen molar-refractivity contribution >= 4 is 41.4 Å². The topological polar surface area (TPSA) is 45.6 Å². The largest absolute Gasteiger partial charge is 0.369 e. The van der Waals surface area contributed by atoms with Crippen LogP contribution in [0.4, 0.5) is 5.69 Å². The van der Waals surface area contributed by atoms with Crippen molar-refractivity contribution in [1.82, 2.24) is 9.47 Å². The Labute approximate surface area is 182 Å². The van der Waals surface area contributed by atoms with Crippen LogP contribution in [0.1, 0.15) is 22.1 Å². The van der Waals surface area contributed by atoms with E-state index in [1.54, 1.807) is 10.8 Å². The second kappa shape index (κ2) is 8.66. The van der Waals surface area contributed by atoms with Gasteiger partial charge >= 0.3 is 0 Å². The van der Waals surface area contributed by atoms with Gasteiger partial charge in [-0.05, 0) is 36.4 Å². The molecule has 1 aliphatic rings. The molecule has 2 heterocycles. The Morgan fingerprint density at radius 1 is 1.10 bits per heavy atom. The lowest BCUT2D eigenvalue weighted by Crippen LogP contribution is -2.44. The minimum Gasteiger partial charge on any atom is -0.369 e. The maximum atomic E-state index is 12.8. The van der Waals surface area contributed by atoms with Crippen LogP contribution in [0.25, 0.3) is 22.0 Å². The summed E-state index contributed by atoms with van der Waals surface area (Å²) >= 11 is 4.25. The number of anilines is 1. The number of fused-ring (bicyclic) bond motifs is 1. The van der Waals surface area contributed by atoms with Gasteiger partial charge in [-0.25, -0.2) is 0 Å². The smallest absolute Gasteiger partial charge is 0.234 e. The summed E-state index contributed by atoms with van der Waals surface area (Å²) < 4.78 is 1.60. The molecule has 1 aliphatic heterocycles. The summed E-state index contributed by atoms with van der Waals surface area (Å²) in [5, 5.41) is 0.819. The fourth-order valence-corrected chi connectivity index (χ4v) is 4.22. The van der Waals surface area contributed by atoms with Crippen LogP contribution in [0, 0.1) is 5.92 Å². The molecule has 0 aliphatic carbocycles. The van der Waals surface area contributed by atoms with Crippen LogP contribution in [0.15, 0.2) is 48.7 Å². The van der Waals surface area contributed by atoms with Crippen LogP contribution in [-0.4, -0.2) is 60.6 Å². The Kier molecular flexibility index (Phi) is 5.97. The average Bonchev–Trinajstić information content (AvgIpc) is 3.17. The number of carbonyl (C=O) groups excluding carboxylic acids is 2. The first-order valence-corrected chi connectivity index (χ1v) is 10.9. The summed E-state index contributed by atoms with van der Waals surface area (Å²) in [5.74, 6) is 0.183. The van der Waals surface area contributed by atoms with Crippen molar-refractivity contribution in [3.63, 3.8) is 0 Å². The van der Waals surface area contributed by atoms with E-state index in [2.05, 4.69) is 53.7 Å². The van der Waals surface area contributed by atoms with Crippen molar-refractivity contribution in [2.75, 3.05) is 43.9 Å². The molecule has 0 spiro atoms. The molecule has 1 aromatic heterocycles. The summed E-state index contributed by atoms with van der Waals surface area (Å²) in [4.78, 5) is 29.4. The molecule has 0 unspecified atom stereocenters. The molecule has 3 aromatic rings. The maximum Gasteiger partial charge on any atom is 0.234 e. The van der Waals surface area contributed by atoms with Gasteiger partial charge in [0.15, 0.2) is 6.29 Å². The molecule has 0 radical (unpaired) electrons. The van der Waals surface area contributed by atoms with Gasteiger partial charge in [-0.2, -0.15) is 12.6 Å². The Morgan fingerprint density at radius 2 is 1.80 bits per heavy atom. The molecule has 1 fully saturated rings. The summed E-state index contributed by atoms with van der Waals surface area (Å²) in [6.45, 7) is 6.03. The number of aromatic nitrogens is 1. The molecule has 30 heavy (non-hydrogen) atoms. The first kappa shape index (κ1) is 20.7. The van der Waals surface area contributed by atoms with Crippen molar-refractivity contribution < 1.29 is 9.59 Å². The van der Waals surface area contributed by atoms with Crippen LogP contribution in [0.3, 0.4) is 0 Å². The molecule has 2 aromatic carbocycles. The number of benzene rings is 2. The van der Waals surface area contributed by atoms with Gasteiger partial charge in [0.1, 0.15) is 0 Å². The van der Waals surface area contributed by atoms with Gasteiger partial charge in [0.25, 0.3) is 0 Å². The third-order valence-corrected chi connectivity index (χ3v) is 6.51. The van der Waals surface area contributed by atoms with Crippen molar-refractivity contribution in [3.8, 4) is 11.1 Å². The summed E-state index contributed by atoms with van der Waals surface area (Å²) in [5.41, 5.74) is 4.50. The molecular weight excluding hydrogens is 394 g/mol. The van der Waals surface area contributed by atoms with Crippen molar-refractivity contribution in [1.29, 1.82) is 0 Å². The van der Waals surface area contributed by atoms with Gasteiger partial charge in [0, 0.05) is 60.7 Å². The molecule has 0 amide bonds. The van der Waals surface area contributed by atoms with E-state index in [1.807, 2.05) is 25.1 Å². The summed E-state index contributed by atoms with van der Waals surface area (Å²) in [6.07, 6.45) is 2.49. The quantitative estimate of drug-likeness (QED) is 0.498. The highest BCUT2D eigenvalue weighted by Gasteiger charge is 2.20. The second-order valence-electron chi connectivity index (χ2n) is 8.03. The maximum absolute atomic E-state index is 12.8. The summed E-state index contributed by atoms with van der Waals surface area (Å²) in [6, 6.07) is 14.3. The van der Waals surface area contributed by atoms with Gasteiger partial charge in [0.2, 0.25) is 5.91 Å². The van der Waals surface area contributed by atoms with E-state index in [4.69, 9.17) is 0 Å². The molecule has 0 N–H and O–H groups in total. The van der Waals surface area contributed by atoms with Crippen molar-refractivity contribution in [2.24, 2.45) is 5.92 Å². The number of rotatable bonds is 5. The van der Waals surface area contributed by atoms with E-state index in [0.717, 1.165) is 54.5 Å². The van der Waals surface area contributed by atoms with Gasteiger partial charge in [0.05, 0.1) is 5.52 Å². The standard InChI is InChI=1S/C24H27N3O2S/c1-17(16-30)24(29)27-14-19(15-28)23-21(4-3-5-22(23)27)18-6-8-20(9-7-18)26-12-10-25(2)11-13-26/h3-9,14-15,17,30H,10-13,16H2,1-2H3/t17-/m1/s1. The van der Waals surface area contributed by atoms with E-state index in [0.29, 0.717) is 11.3 Å². The van der Waals surface area contributed by atoms with E-state index in [9.17, 15) is 9.59 Å². The normalized spacial score (nSPS) is 16.0. The minimum atomic E-state index is -0.227. The number of nitrogens with zero attached hydrogens (tertiary/aromatic N) is 3. The van der Waals surface area contributed by atoms with Crippen LogP contribution in [-0.2, 0) is 0 Å². The fourth-order valence-electron chi connectivity index (χ4n) is 4.06. The molecule has 0 saturated carbocycles. The molecule has 4 rings (SSSR count). The highest BCUT2D eigenvalue weighted by Crippen LogP contribution is 2.33. The highest BCUT2D eigenvalue weighted by atomic mass is 32.1. The van der Waals surface area contributed by atoms with Crippen molar-refractivity contribution in [3.05, 3.63) is 54.2 Å². The van der Waals surface area contributed by atoms with Gasteiger partial charge in [-0.1, -0.05) is 31.2 Å². The van der Waals surface area contributed by atoms with Gasteiger partial charge in [-0.3, -0.25) is 14.2 Å². The molecule has 5 nitrogen and oxygen atoms in total. The zero-order valence-electron chi connectivity index (χ0n) is 17.4. The lowest BCUT2D eigenvalue weighted by Gasteiger charge is -2.34. The summed E-state index contributed by atoms with van der Waals surface area (Å²) in [7, 11) is 2.15. The van der Waals surface area contributed by atoms with Crippen LogP contribution >= 0.6 is 12.6 Å². The number of aldehydes is 1. The molecule has 0 bridgehead atoms. The predicted molar refractivity (Wildman–Crippen MR) is 126 cm³/mol. The van der Waals surface area contributed by atoms with Crippen molar-refractivity contribution in [2.45, 2.75) is 6.92 Å². The van der Waals surface area contributed by atoms with E-state index in [-0.39, 0.29) is 11.8 Å². The number of hydrogen-bond acceptors (Lipinski definition) is 5. The van der Waals surface area contributed by atoms with Gasteiger partial charge in [-0.15, -0.1) is 0 Å². The third-order valence-electron chi connectivity index (χ3n) is 5.97. The number of likely N-dealkylation sites (N-methyl/N-ethyl adjacent to an activating group) is 1. The first-order valence-electron chi connectivity index (χ1n) is 10.3.